The SMILES string of the molecule is O=C(c1ccc([N+](=O)[O-])cc1)N1CCCC1c1ccccc1. The number of amides is 1. The molecule has 1 saturated heterocycles. The van der Waals surface area contributed by atoms with Crippen molar-refractivity contribution in [1.82, 2.24) is 4.90 Å². The maximum atomic E-state index is 12.7. The van der Waals surface area contributed by atoms with Gasteiger partial charge >= 0.3 is 0 Å². The van der Waals surface area contributed by atoms with Gasteiger partial charge in [0.2, 0.25) is 0 Å². The van der Waals surface area contributed by atoms with E-state index < -0.39 is 4.92 Å². The van der Waals surface area contributed by atoms with E-state index in [0.29, 0.717) is 5.56 Å². The van der Waals surface area contributed by atoms with Crippen LogP contribution in [0.1, 0.15) is 34.8 Å². The zero-order valence-corrected chi connectivity index (χ0v) is 12.0. The van der Waals surface area contributed by atoms with Crippen LogP contribution in [0.25, 0.3) is 0 Å². The third-order valence-electron chi connectivity index (χ3n) is 4.02. The minimum absolute atomic E-state index is 0.00224. The first-order valence-electron chi connectivity index (χ1n) is 7.27. The van der Waals surface area contributed by atoms with E-state index in [0.717, 1.165) is 24.9 Å². The van der Waals surface area contributed by atoms with Crippen molar-refractivity contribution in [2.45, 2.75) is 18.9 Å². The van der Waals surface area contributed by atoms with E-state index in [2.05, 4.69) is 0 Å². The molecule has 1 amide bonds. The Kier molecular flexibility index (Phi) is 3.87. The number of carbonyl (C=O) groups excluding carboxylic acids is 1. The van der Waals surface area contributed by atoms with Gasteiger partial charge in [0.15, 0.2) is 0 Å². The number of rotatable bonds is 3. The van der Waals surface area contributed by atoms with Gasteiger partial charge in [-0.3, -0.25) is 14.9 Å². The van der Waals surface area contributed by atoms with E-state index in [1.807, 2.05) is 35.2 Å². The van der Waals surface area contributed by atoms with Gasteiger partial charge in [0.1, 0.15) is 0 Å². The molecule has 0 radical (unpaired) electrons. The first-order chi connectivity index (χ1) is 10.7. The molecule has 0 aromatic heterocycles. The average Bonchev–Trinajstić information content (AvgIpc) is 3.04. The van der Waals surface area contributed by atoms with Gasteiger partial charge in [0.25, 0.3) is 11.6 Å². The zero-order chi connectivity index (χ0) is 15.5. The Morgan fingerprint density at radius 1 is 1.09 bits per heavy atom. The van der Waals surface area contributed by atoms with E-state index in [1.54, 1.807) is 0 Å². The van der Waals surface area contributed by atoms with Gasteiger partial charge in [-0.2, -0.15) is 0 Å². The van der Waals surface area contributed by atoms with Gasteiger partial charge < -0.3 is 4.90 Å². The minimum atomic E-state index is -0.461. The molecule has 1 aliphatic rings. The Balaban J connectivity index is 1.83. The summed E-state index contributed by atoms with van der Waals surface area (Å²) in [6, 6.07) is 15.9. The van der Waals surface area contributed by atoms with Gasteiger partial charge in [-0.25, -0.2) is 0 Å². The number of non-ortho nitro benzene ring substituents is 1. The molecule has 2 aromatic carbocycles. The van der Waals surface area contributed by atoms with Crippen LogP contribution in [0.2, 0.25) is 0 Å². The molecule has 1 heterocycles. The standard InChI is InChI=1S/C17H16N2O3/c20-17(14-8-10-15(11-9-14)19(21)22)18-12-4-7-16(18)13-5-2-1-3-6-13/h1-3,5-6,8-11,16H,4,7,12H2. The molecular formula is C17H16N2O3. The van der Waals surface area contributed by atoms with Gasteiger partial charge in [0.05, 0.1) is 11.0 Å². The summed E-state index contributed by atoms with van der Waals surface area (Å²) in [6.45, 7) is 0.718. The highest BCUT2D eigenvalue weighted by molar-refractivity contribution is 5.94. The van der Waals surface area contributed by atoms with Crippen LogP contribution in [0.4, 0.5) is 5.69 Å². The second kappa shape index (κ2) is 5.97. The predicted molar refractivity (Wildman–Crippen MR) is 82.5 cm³/mol. The fourth-order valence-electron chi connectivity index (χ4n) is 2.92. The molecule has 5 heteroatoms. The summed E-state index contributed by atoms with van der Waals surface area (Å²) in [4.78, 5) is 24.7. The largest absolute Gasteiger partial charge is 0.332 e. The van der Waals surface area contributed by atoms with Crippen molar-refractivity contribution in [2.24, 2.45) is 0 Å². The lowest BCUT2D eigenvalue weighted by Gasteiger charge is -2.25. The van der Waals surface area contributed by atoms with Crippen LogP contribution in [0.5, 0.6) is 0 Å². The molecule has 1 aliphatic heterocycles. The maximum Gasteiger partial charge on any atom is 0.269 e. The highest BCUT2D eigenvalue weighted by Crippen LogP contribution is 2.33. The Morgan fingerprint density at radius 3 is 2.41 bits per heavy atom. The van der Waals surface area contributed by atoms with E-state index in [-0.39, 0.29) is 17.6 Å². The summed E-state index contributed by atoms with van der Waals surface area (Å²) in [5.74, 6) is -0.0683. The first-order valence-corrected chi connectivity index (χ1v) is 7.27. The normalized spacial score (nSPS) is 17.5. The second-order valence-electron chi connectivity index (χ2n) is 5.37. The minimum Gasteiger partial charge on any atom is -0.332 e. The van der Waals surface area contributed by atoms with Crippen LogP contribution < -0.4 is 0 Å². The van der Waals surface area contributed by atoms with Crippen molar-refractivity contribution in [2.75, 3.05) is 6.54 Å². The first kappa shape index (κ1) is 14.3. The Hall–Kier alpha value is -2.69. The van der Waals surface area contributed by atoms with Crippen molar-refractivity contribution in [3.8, 4) is 0 Å². The van der Waals surface area contributed by atoms with E-state index in [4.69, 9.17) is 0 Å². The van der Waals surface area contributed by atoms with Crippen LogP contribution in [0.3, 0.4) is 0 Å². The molecule has 0 N–H and O–H groups in total. The molecule has 3 rings (SSSR count). The van der Waals surface area contributed by atoms with E-state index >= 15 is 0 Å². The summed E-state index contributed by atoms with van der Waals surface area (Å²) in [6.07, 6.45) is 1.92. The molecule has 5 nitrogen and oxygen atoms in total. The van der Waals surface area contributed by atoms with Crippen LogP contribution in [0, 0.1) is 10.1 Å². The molecule has 2 aromatic rings. The summed E-state index contributed by atoms with van der Waals surface area (Å²) in [5, 5.41) is 10.7. The predicted octanol–water partition coefficient (Wildman–Crippen LogP) is 3.57. The highest BCUT2D eigenvalue weighted by Gasteiger charge is 2.30. The number of nitro benzene ring substituents is 1. The lowest BCUT2D eigenvalue weighted by atomic mass is 10.0. The fraction of sp³-hybridized carbons (Fsp3) is 0.235. The van der Waals surface area contributed by atoms with E-state index in [1.165, 1.54) is 24.3 Å². The number of nitro groups is 1. The summed E-state index contributed by atoms with van der Waals surface area (Å²) in [5.41, 5.74) is 1.63. The smallest absolute Gasteiger partial charge is 0.269 e. The molecule has 0 spiro atoms. The van der Waals surface area contributed by atoms with Crippen molar-refractivity contribution in [3.63, 3.8) is 0 Å². The fourth-order valence-corrected chi connectivity index (χ4v) is 2.92. The van der Waals surface area contributed by atoms with Crippen LogP contribution >= 0.6 is 0 Å². The number of carbonyl (C=O) groups is 1. The number of likely N-dealkylation sites (tertiary alicyclic amines) is 1. The third kappa shape index (κ3) is 2.70. The van der Waals surface area contributed by atoms with Crippen LogP contribution in [0.15, 0.2) is 54.6 Å². The highest BCUT2D eigenvalue weighted by atomic mass is 16.6. The number of benzene rings is 2. The molecule has 1 fully saturated rings. The van der Waals surface area contributed by atoms with Gasteiger partial charge in [-0.05, 0) is 30.5 Å². The Labute approximate surface area is 128 Å². The van der Waals surface area contributed by atoms with E-state index in [9.17, 15) is 14.9 Å². The molecule has 0 aliphatic carbocycles. The van der Waals surface area contributed by atoms with Crippen molar-refractivity contribution in [1.29, 1.82) is 0 Å². The van der Waals surface area contributed by atoms with Crippen molar-refractivity contribution >= 4 is 11.6 Å². The zero-order valence-electron chi connectivity index (χ0n) is 12.0. The topological polar surface area (TPSA) is 63.4 Å². The molecule has 112 valence electrons. The van der Waals surface area contributed by atoms with Gasteiger partial charge in [-0.15, -0.1) is 0 Å². The molecule has 22 heavy (non-hydrogen) atoms. The molecule has 1 unspecified atom stereocenters. The monoisotopic (exact) mass is 296 g/mol. The number of hydrogen-bond donors (Lipinski definition) is 0. The van der Waals surface area contributed by atoms with Crippen LogP contribution in [-0.2, 0) is 0 Å². The quantitative estimate of drug-likeness (QED) is 0.642. The maximum absolute atomic E-state index is 12.7. The van der Waals surface area contributed by atoms with Gasteiger partial charge in [0, 0.05) is 24.2 Å². The Bertz CT molecular complexity index is 683. The third-order valence-corrected chi connectivity index (χ3v) is 4.02. The number of hydrogen-bond acceptors (Lipinski definition) is 3. The molecular weight excluding hydrogens is 280 g/mol. The summed E-state index contributed by atoms with van der Waals surface area (Å²) in [7, 11) is 0. The molecule has 1 atom stereocenters. The summed E-state index contributed by atoms with van der Waals surface area (Å²) >= 11 is 0. The van der Waals surface area contributed by atoms with Crippen LogP contribution in [-0.4, -0.2) is 22.3 Å². The number of nitrogens with zero attached hydrogens (tertiary/aromatic N) is 2. The second-order valence-corrected chi connectivity index (χ2v) is 5.37. The Morgan fingerprint density at radius 2 is 1.77 bits per heavy atom. The van der Waals surface area contributed by atoms with Crippen molar-refractivity contribution in [3.05, 3.63) is 75.8 Å². The molecule has 0 saturated carbocycles. The average molecular weight is 296 g/mol. The van der Waals surface area contributed by atoms with Crippen molar-refractivity contribution < 1.29 is 9.72 Å². The summed E-state index contributed by atoms with van der Waals surface area (Å²) < 4.78 is 0. The van der Waals surface area contributed by atoms with Gasteiger partial charge in [-0.1, -0.05) is 30.3 Å². The lowest BCUT2D eigenvalue weighted by molar-refractivity contribution is -0.384. The lowest BCUT2D eigenvalue weighted by Crippen LogP contribution is -2.30. The molecule has 0 bridgehead atoms.